The molecule has 2 heterocycles. The molecule has 0 radical (unpaired) electrons. The molecule has 5 rings (SSSR count). The number of rotatable bonds is 13. The number of nitrogens with zero attached hydrogens (tertiary/aromatic N) is 3. The summed E-state index contributed by atoms with van der Waals surface area (Å²) in [4.78, 5) is 44.8. The van der Waals surface area contributed by atoms with E-state index in [-0.39, 0.29) is 31.4 Å². The third-order valence-corrected chi connectivity index (χ3v) is 8.05. The Labute approximate surface area is 260 Å². The molecule has 2 aliphatic rings. The predicted octanol–water partition coefficient (Wildman–Crippen LogP) is 2.94. The highest BCUT2D eigenvalue weighted by atomic mass is 19.3. The van der Waals surface area contributed by atoms with Crippen LogP contribution in [-0.2, 0) is 27.5 Å². The highest BCUT2D eigenvalue weighted by molar-refractivity contribution is 5.99. The smallest absolute Gasteiger partial charge is 0.387 e. The van der Waals surface area contributed by atoms with Gasteiger partial charge in [0.1, 0.15) is 11.8 Å². The maximum Gasteiger partial charge on any atom is 0.387 e. The SMILES string of the molecule is O=C1CN(Cc2ccccc2)C(=O)[C@@H](C(C(=O)O)N(CC[C@@H]2CN(Cc3ccccc3)CCN2)c2ccc(OC(F)F)cc2)N1. The lowest BCUT2D eigenvalue weighted by Crippen LogP contribution is -2.67. The Balaban J connectivity index is 1.38. The molecule has 2 saturated heterocycles. The first-order valence-corrected chi connectivity index (χ1v) is 14.9. The van der Waals surface area contributed by atoms with Crippen molar-refractivity contribution in [1.29, 1.82) is 0 Å². The zero-order chi connectivity index (χ0) is 31.8. The lowest BCUT2D eigenvalue weighted by molar-refractivity contribution is -0.150. The molecule has 2 fully saturated rings. The summed E-state index contributed by atoms with van der Waals surface area (Å²) in [5, 5.41) is 16.7. The Morgan fingerprint density at radius 1 is 0.956 bits per heavy atom. The summed E-state index contributed by atoms with van der Waals surface area (Å²) in [6.45, 7) is 0.279. The zero-order valence-electron chi connectivity index (χ0n) is 24.7. The second kappa shape index (κ2) is 15.0. The average molecular weight is 622 g/mol. The zero-order valence-corrected chi connectivity index (χ0v) is 24.7. The van der Waals surface area contributed by atoms with E-state index < -0.39 is 36.5 Å². The molecule has 238 valence electrons. The minimum Gasteiger partial charge on any atom is -0.480 e. The molecule has 2 aliphatic heterocycles. The lowest BCUT2D eigenvalue weighted by atomic mass is 9.99. The van der Waals surface area contributed by atoms with E-state index in [2.05, 4.69) is 32.4 Å². The molecule has 3 N–H and O–H groups in total. The minimum absolute atomic E-state index is 0.0204. The number of carbonyl (C=O) groups excluding carboxylic acids is 2. The van der Waals surface area contributed by atoms with Gasteiger partial charge in [-0.15, -0.1) is 0 Å². The van der Waals surface area contributed by atoms with Gasteiger partial charge >= 0.3 is 12.6 Å². The van der Waals surface area contributed by atoms with E-state index >= 15 is 0 Å². The van der Waals surface area contributed by atoms with Gasteiger partial charge in [-0.1, -0.05) is 60.7 Å². The molecule has 1 unspecified atom stereocenters. The van der Waals surface area contributed by atoms with Crippen LogP contribution in [0, 0.1) is 0 Å². The quantitative estimate of drug-likeness (QED) is 0.267. The molecule has 0 saturated carbocycles. The van der Waals surface area contributed by atoms with Gasteiger partial charge in [-0.05, 0) is 41.8 Å². The van der Waals surface area contributed by atoms with E-state index in [1.165, 1.54) is 34.7 Å². The maximum atomic E-state index is 13.8. The number of nitrogens with one attached hydrogen (secondary N) is 2. The summed E-state index contributed by atoms with van der Waals surface area (Å²) in [6, 6.07) is 22.1. The van der Waals surface area contributed by atoms with Crippen LogP contribution in [0.25, 0.3) is 0 Å². The van der Waals surface area contributed by atoms with Crippen molar-refractivity contribution in [3.05, 3.63) is 96.1 Å². The highest BCUT2D eigenvalue weighted by Gasteiger charge is 2.44. The van der Waals surface area contributed by atoms with Crippen LogP contribution < -0.4 is 20.3 Å². The van der Waals surface area contributed by atoms with Gasteiger partial charge in [-0.25, -0.2) is 4.79 Å². The fourth-order valence-corrected chi connectivity index (χ4v) is 5.95. The Hall–Kier alpha value is -4.55. The summed E-state index contributed by atoms with van der Waals surface area (Å²) in [6.07, 6.45) is 0.521. The number of ether oxygens (including phenoxy) is 1. The first-order chi connectivity index (χ1) is 21.8. The Bertz CT molecular complexity index is 1430. The van der Waals surface area contributed by atoms with Gasteiger partial charge < -0.3 is 30.3 Å². The van der Waals surface area contributed by atoms with Crippen molar-refractivity contribution in [2.24, 2.45) is 0 Å². The van der Waals surface area contributed by atoms with E-state index in [1.54, 1.807) is 4.90 Å². The van der Waals surface area contributed by atoms with E-state index in [0.29, 0.717) is 12.1 Å². The van der Waals surface area contributed by atoms with E-state index in [1.807, 2.05) is 48.5 Å². The van der Waals surface area contributed by atoms with Crippen molar-refractivity contribution in [3.63, 3.8) is 0 Å². The lowest BCUT2D eigenvalue weighted by Gasteiger charge is -2.41. The fraction of sp³-hybridized carbons (Fsp3) is 0.364. The number of anilines is 1. The number of amides is 2. The first kappa shape index (κ1) is 31.9. The van der Waals surface area contributed by atoms with Gasteiger partial charge in [0.15, 0.2) is 6.04 Å². The van der Waals surface area contributed by atoms with E-state index in [0.717, 1.165) is 31.7 Å². The van der Waals surface area contributed by atoms with Crippen LogP contribution in [0.3, 0.4) is 0 Å². The molecule has 0 spiro atoms. The summed E-state index contributed by atoms with van der Waals surface area (Å²) < 4.78 is 30.1. The number of carboxylic acid groups (broad SMARTS) is 1. The number of aliphatic carboxylic acids is 1. The largest absolute Gasteiger partial charge is 0.480 e. The van der Waals surface area contributed by atoms with Crippen molar-refractivity contribution in [3.8, 4) is 5.75 Å². The molecule has 0 bridgehead atoms. The van der Waals surface area contributed by atoms with Crippen LogP contribution in [-0.4, -0.2) is 90.2 Å². The Morgan fingerprint density at radius 2 is 1.60 bits per heavy atom. The van der Waals surface area contributed by atoms with Crippen molar-refractivity contribution >= 4 is 23.5 Å². The molecule has 45 heavy (non-hydrogen) atoms. The predicted molar refractivity (Wildman–Crippen MR) is 164 cm³/mol. The van der Waals surface area contributed by atoms with Crippen LogP contribution >= 0.6 is 0 Å². The Morgan fingerprint density at radius 3 is 2.22 bits per heavy atom. The van der Waals surface area contributed by atoms with Crippen LogP contribution in [0.15, 0.2) is 84.9 Å². The van der Waals surface area contributed by atoms with Gasteiger partial charge in [0, 0.05) is 51.0 Å². The van der Waals surface area contributed by atoms with Gasteiger partial charge in [0.25, 0.3) is 0 Å². The molecule has 3 aromatic rings. The maximum absolute atomic E-state index is 13.8. The number of piperazine rings is 2. The molecular formula is C33H37F2N5O5. The number of halogens is 2. The number of alkyl halides is 2. The minimum atomic E-state index is -3.01. The van der Waals surface area contributed by atoms with Gasteiger partial charge in [-0.2, -0.15) is 8.78 Å². The second-order valence-electron chi connectivity index (χ2n) is 11.2. The van der Waals surface area contributed by atoms with Gasteiger partial charge in [0.2, 0.25) is 11.8 Å². The fourth-order valence-electron chi connectivity index (χ4n) is 5.95. The molecule has 2 amide bonds. The molecule has 3 atom stereocenters. The Kier molecular flexibility index (Phi) is 10.6. The van der Waals surface area contributed by atoms with Crippen LogP contribution in [0.5, 0.6) is 5.75 Å². The molecule has 3 aromatic carbocycles. The second-order valence-corrected chi connectivity index (χ2v) is 11.2. The average Bonchev–Trinajstić information content (AvgIpc) is 3.02. The van der Waals surface area contributed by atoms with Gasteiger partial charge in [-0.3, -0.25) is 14.5 Å². The molecule has 12 heteroatoms. The molecule has 10 nitrogen and oxygen atoms in total. The number of carboxylic acids is 1. The first-order valence-electron chi connectivity index (χ1n) is 14.9. The topological polar surface area (TPSA) is 114 Å². The molecule has 0 aromatic heterocycles. The normalized spacial score (nSPS) is 19.7. The number of hydrogen-bond acceptors (Lipinski definition) is 7. The monoisotopic (exact) mass is 621 g/mol. The van der Waals surface area contributed by atoms with Crippen molar-refractivity contribution < 1.29 is 33.0 Å². The summed E-state index contributed by atoms with van der Waals surface area (Å²) in [7, 11) is 0. The molecular weight excluding hydrogens is 584 g/mol. The summed E-state index contributed by atoms with van der Waals surface area (Å²) in [5.41, 5.74) is 2.40. The third-order valence-electron chi connectivity index (χ3n) is 8.05. The van der Waals surface area contributed by atoms with Crippen LogP contribution in [0.4, 0.5) is 14.5 Å². The number of hydrogen-bond donors (Lipinski definition) is 3. The van der Waals surface area contributed by atoms with E-state index in [9.17, 15) is 28.3 Å². The third kappa shape index (κ3) is 8.55. The van der Waals surface area contributed by atoms with Crippen molar-refractivity contribution in [2.75, 3.05) is 37.6 Å². The summed E-state index contributed by atoms with van der Waals surface area (Å²) >= 11 is 0. The van der Waals surface area contributed by atoms with Gasteiger partial charge in [0.05, 0.1) is 6.54 Å². The van der Waals surface area contributed by atoms with E-state index in [4.69, 9.17) is 0 Å². The van der Waals surface area contributed by atoms with Crippen molar-refractivity contribution in [1.82, 2.24) is 20.4 Å². The van der Waals surface area contributed by atoms with Crippen molar-refractivity contribution in [2.45, 2.75) is 44.2 Å². The number of benzene rings is 3. The molecule has 0 aliphatic carbocycles. The highest BCUT2D eigenvalue weighted by Crippen LogP contribution is 2.26. The number of carbonyl (C=O) groups is 3. The van der Waals surface area contributed by atoms with Crippen LogP contribution in [0.2, 0.25) is 0 Å². The standard InChI is InChI=1S/C33H37F2N5O5/c34-33(35)45-27-13-11-26(12-14-27)40(17-15-25-21-38(18-16-36-25)19-23-7-3-1-4-8-23)30(32(43)44)29-31(42)39(22-28(41)37-29)20-24-9-5-2-6-10-24/h1-14,25,29-30,33,36H,15-22H2,(H,37,41)(H,43,44)/t25-,29-,30?/m1/s1. The van der Waals surface area contributed by atoms with Crippen LogP contribution in [0.1, 0.15) is 17.5 Å². The summed E-state index contributed by atoms with van der Waals surface area (Å²) in [5.74, 6) is -2.36.